The van der Waals surface area contributed by atoms with Crippen LogP contribution in [0.3, 0.4) is 0 Å². The molecule has 0 aliphatic rings. The van der Waals surface area contributed by atoms with Gasteiger partial charge in [-0.2, -0.15) is 0 Å². The number of hydrogen-bond acceptors (Lipinski definition) is 2. The van der Waals surface area contributed by atoms with Crippen LogP contribution in [0.25, 0.3) is 0 Å². The van der Waals surface area contributed by atoms with E-state index in [-0.39, 0.29) is 12.1 Å². The van der Waals surface area contributed by atoms with Crippen molar-refractivity contribution in [1.82, 2.24) is 0 Å². The molecule has 0 bridgehead atoms. The smallest absolute Gasteiger partial charge is 0.0747 e. The third-order valence-corrected chi connectivity index (χ3v) is 2.90. The van der Waals surface area contributed by atoms with Crippen LogP contribution in [-0.2, 0) is 4.74 Å². The first kappa shape index (κ1) is 12.9. The van der Waals surface area contributed by atoms with E-state index in [4.69, 9.17) is 10.5 Å². The summed E-state index contributed by atoms with van der Waals surface area (Å²) < 4.78 is 5.43. The molecule has 2 heteroatoms. The highest BCUT2D eigenvalue weighted by Gasteiger charge is 2.26. The minimum absolute atomic E-state index is 0.181. The summed E-state index contributed by atoms with van der Waals surface area (Å²) in [5, 5.41) is 0. The van der Waals surface area contributed by atoms with E-state index < -0.39 is 0 Å². The van der Waals surface area contributed by atoms with Gasteiger partial charge in [-0.05, 0) is 11.8 Å². The van der Waals surface area contributed by atoms with Gasteiger partial charge in [0.15, 0.2) is 0 Å². The average molecular weight is 187 g/mol. The Bertz CT molecular complexity index is 121. The molecule has 13 heavy (non-hydrogen) atoms. The molecule has 0 rings (SSSR count). The van der Waals surface area contributed by atoms with Crippen LogP contribution in [0.1, 0.15) is 40.5 Å². The normalized spacial score (nSPS) is 16.6. The average Bonchev–Trinajstić information content (AvgIpc) is 2.07. The molecular formula is C11H25NO. The summed E-state index contributed by atoms with van der Waals surface area (Å²) in [6, 6.07) is 0.181. The Kier molecular flexibility index (Phi) is 6.35. The highest BCUT2D eigenvalue weighted by Crippen LogP contribution is 2.20. The molecule has 2 unspecified atom stereocenters. The Morgan fingerprint density at radius 3 is 1.85 bits per heavy atom. The van der Waals surface area contributed by atoms with Crippen molar-refractivity contribution in [1.29, 1.82) is 0 Å². The van der Waals surface area contributed by atoms with Crippen molar-refractivity contribution in [3.8, 4) is 0 Å². The predicted octanol–water partition coefficient (Wildman–Crippen LogP) is 2.42. The van der Waals surface area contributed by atoms with E-state index in [0.717, 1.165) is 12.8 Å². The summed E-state index contributed by atoms with van der Waals surface area (Å²) in [7, 11) is 1.76. The minimum atomic E-state index is 0.181. The molecule has 80 valence electrons. The molecule has 0 spiro atoms. The third kappa shape index (κ3) is 3.65. The Balaban J connectivity index is 4.24. The largest absolute Gasteiger partial charge is 0.380 e. The molecule has 0 aromatic rings. The lowest BCUT2D eigenvalue weighted by Crippen LogP contribution is -2.44. The van der Waals surface area contributed by atoms with Gasteiger partial charge in [-0.25, -0.2) is 0 Å². The molecule has 2 atom stereocenters. The van der Waals surface area contributed by atoms with Crippen molar-refractivity contribution in [3.05, 3.63) is 0 Å². The van der Waals surface area contributed by atoms with Crippen molar-refractivity contribution in [2.75, 3.05) is 7.11 Å². The van der Waals surface area contributed by atoms with E-state index in [1.165, 1.54) is 0 Å². The zero-order valence-corrected chi connectivity index (χ0v) is 9.71. The zero-order valence-electron chi connectivity index (χ0n) is 9.71. The highest BCUT2D eigenvalue weighted by atomic mass is 16.5. The molecule has 0 amide bonds. The number of hydrogen-bond donors (Lipinski definition) is 1. The van der Waals surface area contributed by atoms with Crippen LogP contribution >= 0.6 is 0 Å². The van der Waals surface area contributed by atoms with Gasteiger partial charge in [-0.1, -0.05) is 40.5 Å². The highest BCUT2D eigenvalue weighted by molar-refractivity contribution is 4.81. The molecule has 0 aliphatic carbocycles. The molecule has 2 N–H and O–H groups in total. The SMILES string of the molecule is CCC(CC)C(N)C(OC)C(C)C. The summed E-state index contributed by atoms with van der Waals surface area (Å²) in [6.07, 6.45) is 2.49. The number of rotatable bonds is 6. The molecule has 0 aliphatic heterocycles. The van der Waals surface area contributed by atoms with Gasteiger partial charge in [0, 0.05) is 13.2 Å². The zero-order chi connectivity index (χ0) is 10.4. The molecule has 0 radical (unpaired) electrons. The summed E-state index contributed by atoms with van der Waals surface area (Å²) in [6.45, 7) is 8.72. The number of ether oxygens (including phenoxy) is 1. The Labute approximate surface area is 82.8 Å². The van der Waals surface area contributed by atoms with E-state index in [9.17, 15) is 0 Å². The van der Waals surface area contributed by atoms with Crippen LogP contribution in [0.4, 0.5) is 0 Å². The van der Waals surface area contributed by atoms with E-state index in [1.807, 2.05) is 0 Å². The van der Waals surface area contributed by atoms with Crippen molar-refractivity contribution >= 4 is 0 Å². The maximum atomic E-state index is 6.17. The van der Waals surface area contributed by atoms with Gasteiger partial charge in [-0.3, -0.25) is 0 Å². The molecule has 2 nitrogen and oxygen atoms in total. The van der Waals surface area contributed by atoms with Crippen LogP contribution in [-0.4, -0.2) is 19.3 Å². The number of nitrogens with two attached hydrogens (primary N) is 1. The standard InChI is InChI=1S/C11H25NO/c1-6-9(7-2)10(12)11(13-5)8(3)4/h8-11H,6-7,12H2,1-5H3. The maximum Gasteiger partial charge on any atom is 0.0747 e. The molecule has 0 saturated carbocycles. The van der Waals surface area contributed by atoms with Crippen molar-refractivity contribution in [2.45, 2.75) is 52.7 Å². The number of methoxy groups -OCH3 is 1. The van der Waals surface area contributed by atoms with E-state index in [2.05, 4.69) is 27.7 Å². The quantitative estimate of drug-likeness (QED) is 0.693. The first-order chi connectivity index (χ1) is 6.08. The van der Waals surface area contributed by atoms with Gasteiger partial charge in [-0.15, -0.1) is 0 Å². The van der Waals surface area contributed by atoms with E-state index >= 15 is 0 Å². The second-order valence-corrected chi connectivity index (χ2v) is 4.10. The van der Waals surface area contributed by atoms with Gasteiger partial charge in [0.2, 0.25) is 0 Å². The summed E-state index contributed by atoms with van der Waals surface area (Å²) in [4.78, 5) is 0. The van der Waals surface area contributed by atoms with E-state index in [1.54, 1.807) is 7.11 Å². The van der Waals surface area contributed by atoms with Gasteiger partial charge in [0.1, 0.15) is 0 Å². The van der Waals surface area contributed by atoms with Crippen LogP contribution in [0, 0.1) is 11.8 Å². The van der Waals surface area contributed by atoms with Crippen LogP contribution < -0.4 is 5.73 Å². The topological polar surface area (TPSA) is 35.2 Å². The first-order valence-electron chi connectivity index (χ1n) is 5.36. The fraction of sp³-hybridized carbons (Fsp3) is 1.00. The van der Waals surface area contributed by atoms with Gasteiger partial charge in [0.25, 0.3) is 0 Å². The lowest BCUT2D eigenvalue weighted by atomic mass is 9.86. The molecule has 0 saturated heterocycles. The summed E-state index contributed by atoms with van der Waals surface area (Å²) in [5.74, 6) is 1.09. The molecule has 0 heterocycles. The Morgan fingerprint density at radius 2 is 1.62 bits per heavy atom. The molecule has 0 aromatic carbocycles. The van der Waals surface area contributed by atoms with Gasteiger partial charge >= 0.3 is 0 Å². The van der Waals surface area contributed by atoms with Crippen molar-refractivity contribution in [3.63, 3.8) is 0 Å². The fourth-order valence-corrected chi connectivity index (χ4v) is 1.97. The van der Waals surface area contributed by atoms with Crippen LogP contribution in [0.2, 0.25) is 0 Å². The molecule has 0 fully saturated rings. The fourth-order valence-electron chi connectivity index (χ4n) is 1.97. The lowest BCUT2D eigenvalue weighted by Gasteiger charge is -2.31. The Morgan fingerprint density at radius 1 is 1.15 bits per heavy atom. The molecule has 0 aromatic heterocycles. The van der Waals surface area contributed by atoms with Crippen molar-refractivity contribution < 1.29 is 4.74 Å². The lowest BCUT2D eigenvalue weighted by molar-refractivity contribution is 0.0261. The minimum Gasteiger partial charge on any atom is -0.380 e. The molecular weight excluding hydrogens is 162 g/mol. The monoisotopic (exact) mass is 187 g/mol. The summed E-state index contributed by atoms with van der Waals surface area (Å²) in [5.41, 5.74) is 6.17. The van der Waals surface area contributed by atoms with Crippen molar-refractivity contribution in [2.24, 2.45) is 17.6 Å². The first-order valence-corrected chi connectivity index (χ1v) is 5.36. The van der Waals surface area contributed by atoms with Gasteiger partial charge in [0.05, 0.1) is 6.10 Å². The second-order valence-electron chi connectivity index (χ2n) is 4.10. The van der Waals surface area contributed by atoms with Gasteiger partial charge < -0.3 is 10.5 Å². The third-order valence-electron chi connectivity index (χ3n) is 2.90. The van der Waals surface area contributed by atoms with E-state index in [0.29, 0.717) is 11.8 Å². The Hall–Kier alpha value is -0.0800. The van der Waals surface area contributed by atoms with Crippen LogP contribution in [0.5, 0.6) is 0 Å². The predicted molar refractivity (Wildman–Crippen MR) is 57.7 cm³/mol. The van der Waals surface area contributed by atoms with Crippen LogP contribution in [0.15, 0.2) is 0 Å². The summed E-state index contributed by atoms with van der Waals surface area (Å²) >= 11 is 0. The maximum absolute atomic E-state index is 6.17. The second kappa shape index (κ2) is 6.39.